The maximum atomic E-state index is 14.8. The van der Waals surface area contributed by atoms with Crippen LogP contribution in [0.5, 0.6) is 5.75 Å². The molecular weight excluding hydrogens is 419 g/mol. The fraction of sp³-hybridized carbons (Fsp3) is 0.440. The second kappa shape index (κ2) is 7.55. The van der Waals surface area contributed by atoms with E-state index < -0.39 is 5.82 Å². The Bertz CT molecular complexity index is 1230. The second-order valence-corrected chi connectivity index (χ2v) is 10.3. The van der Waals surface area contributed by atoms with Gasteiger partial charge in [-0.3, -0.25) is 0 Å². The number of phenols is 1. The van der Waals surface area contributed by atoms with Crippen LogP contribution in [0.15, 0.2) is 36.8 Å². The van der Waals surface area contributed by atoms with E-state index in [1.165, 1.54) is 48.5 Å². The number of nitriles is 1. The van der Waals surface area contributed by atoms with Crippen LogP contribution in [0.3, 0.4) is 0 Å². The fourth-order valence-electron chi connectivity index (χ4n) is 5.95. The molecule has 0 amide bonds. The predicted molar refractivity (Wildman–Crippen MR) is 122 cm³/mol. The second-order valence-electron chi connectivity index (χ2n) is 10.3. The molecule has 2 aliphatic rings. The SMILES string of the molecule is CN(c1ccc(-c2cc(F)c(-n3cnc(C#N)c3)cc2O)nn1)C1C[C@]2(C)CC[C@](C)(C1)C2. The lowest BCUT2D eigenvalue weighted by Gasteiger charge is -2.44. The van der Waals surface area contributed by atoms with Crippen molar-refractivity contribution in [3.8, 4) is 28.8 Å². The zero-order chi connectivity index (χ0) is 23.4. The molecule has 2 saturated carbocycles. The first-order chi connectivity index (χ1) is 15.7. The molecule has 1 N–H and O–H groups in total. The van der Waals surface area contributed by atoms with Gasteiger partial charge in [-0.05, 0) is 61.1 Å². The van der Waals surface area contributed by atoms with Crippen molar-refractivity contribution >= 4 is 5.82 Å². The molecule has 0 saturated heterocycles. The lowest BCUT2D eigenvalue weighted by atomic mass is 9.68. The van der Waals surface area contributed by atoms with Gasteiger partial charge in [0.05, 0.1) is 11.4 Å². The third-order valence-corrected chi connectivity index (χ3v) is 7.52. The van der Waals surface area contributed by atoms with Gasteiger partial charge in [0.1, 0.15) is 24.0 Å². The molecule has 1 aromatic carbocycles. The van der Waals surface area contributed by atoms with Crippen LogP contribution in [0.25, 0.3) is 16.9 Å². The molecule has 0 radical (unpaired) electrons. The minimum Gasteiger partial charge on any atom is -0.507 e. The van der Waals surface area contributed by atoms with E-state index in [-0.39, 0.29) is 22.7 Å². The Morgan fingerprint density at radius 3 is 2.52 bits per heavy atom. The molecule has 5 rings (SSSR count). The number of halogens is 1. The number of benzene rings is 1. The number of aromatic hydroxyl groups is 1. The molecule has 33 heavy (non-hydrogen) atoms. The smallest absolute Gasteiger partial charge is 0.158 e. The number of nitrogens with zero attached hydrogens (tertiary/aromatic N) is 6. The molecule has 7 nitrogen and oxygen atoms in total. The maximum Gasteiger partial charge on any atom is 0.158 e. The Balaban J connectivity index is 1.38. The van der Waals surface area contributed by atoms with E-state index in [0.717, 1.165) is 18.7 Å². The first-order valence-corrected chi connectivity index (χ1v) is 11.2. The predicted octanol–water partition coefficient (Wildman–Crippen LogP) is 4.84. The minimum atomic E-state index is -0.563. The molecular formula is C25H27FN6O. The van der Waals surface area contributed by atoms with Crippen LogP contribution < -0.4 is 4.90 Å². The Hall–Kier alpha value is -3.47. The van der Waals surface area contributed by atoms with E-state index in [1.54, 1.807) is 6.07 Å². The molecule has 2 fully saturated rings. The number of hydrogen-bond acceptors (Lipinski definition) is 6. The van der Waals surface area contributed by atoms with Crippen LogP contribution in [-0.4, -0.2) is 37.9 Å². The summed E-state index contributed by atoms with van der Waals surface area (Å²) >= 11 is 0. The Kier molecular flexibility index (Phi) is 4.89. The van der Waals surface area contributed by atoms with Crippen LogP contribution in [0.4, 0.5) is 10.2 Å². The Morgan fingerprint density at radius 1 is 1.18 bits per heavy atom. The number of rotatable bonds is 4. The van der Waals surface area contributed by atoms with E-state index >= 15 is 0 Å². The molecule has 1 unspecified atom stereocenters. The monoisotopic (exact) mass is 446 g/mol. The number of imidazole rings is 1. The van der Waals surface area contributed by atoms with Crippen molar-refractivity contribution in [1.29, 1.82) is 5.26 Å². The number of fused-ring (bicyclic) bond motifs is 2. The lowest BCUT2D eigenvalue weighted by molar-refractivity contribution is 0.148. The van der Waals surface area contributed by atoms with Crippen molar-refractivity contribution in [3.63, 3.8) is 0 Å². The highest BCUT2D eigenvalue weighted by atomic mass is 19.1. The largest absolute Gasteiger partial charge is 0.507 e. The first-order valence-electron chi connectivity index (χ1n) is 11.2. The summed E-state index contributed by atoms with van der Waals surface area (Å²) < 4.78 is 16.2. The topological polar surface area (TPSA) is 90.9 Å². The number of hydrogen-bond donors (Lipinski definition) is 1. The molecule has 3 aromatic rings. The molecule has 0 aliphatic heterocycles. The summed E-state index contributed by atoms with van der Waals surface area (Å²) in [6.45, 7) is 4.80. The summed E-state index contributed by atoms with van der Waals surface area (Å²) in [6, 6.07) is 8.48. The van der Waals surface area contributed by atoms with Gasteiger partial charge in [0, 0.05) is 30.9 Å². The molecule has 2 aliphatic carbocycles. The van der Waals surface area contributed by atoms with Gasteiger partial charge in [0.15, 0.2) is 11.5 Å². The molecule has 3 atom stereocenters. The van der Waals surface area contributed by atoms with Crippen LogP contribution in [0, 0.1) is 28.0 Å². The summed E-state index contributed by atoms with van der Waals surface area (Å²) in [7, 11) is 2.07. The van der Waals surface area contributed by atoms with E-state index in [0.29, 0.717) is 22.6 Å². The molecule has 2 bridgehead atoms. The highest BCUT2D eigenvalue weighted by Gasteiger charge is 2.50. The molecule has 8 heteroatoms. The van der Waals surface area contributed by atoms with Gasteiger partial charge in [-0.25, -0.2) is 9.37 Å². The van der Waals surface area contributed by atoms with Gasteiger partial charge in [-0.2, -0.15) is 5.26 Å². The third kappa shape index (κ3) is 3.82. The van der Waals surface area contributed by atoms with Crippen LogP contribution >= 0.6 is 0 Å². The summed E-state index contributed by atoms with van der Waals surface area (Å²) in [5.41, 5.74) is 1.71. The Morgan fingerprint density at radius 2 is 1.91 bits per heavy atom. The molecule has 170 valence electrons. The fourth-order valence-corrected chi connectivity index (χ4v) is 5.95. The highest BCUT2D eigenvalue weighted by molar-refractivity contribution is 5.69. The summed E-state index contributed by atoms with van der Waals surface area (Å²) in [5.74, 6) is 0.0850. The van der Waals surface area contributed by atoms with E-state index in [4.69, 9.17) is 5.26 Å². The van der Waals surface area contributed by atoms with Gasteiger partial charge < -0.3 is 14.6 Å². The number of phenolic OH excluding ortho intramolecular Hbond substituents is 1. The normalized spacial score (nSPS) is 26.2. The van der Waals surface area contributed by atoms with Crippen molar-refractivity contribution in [2.75, 3.05) is 11.9 Å². The quantitative estimate of drug-likeness (QED) is 0.617. The van der Waals surface area contributed by atoms with E-state index in [9.17, 15) is 9.50 Å². The number of aromatic nitrogens is 4. The lowest BCUT2D eigenvalue weighted by Crippen LogP contribution is -2.42. The average molecular weight is 447 g/mol. The molecule has 2 aromatic heterocycles. The van der Waals surface area contributed by atoms with Gasteiger partial charge in [-0.1, -0.05) is 13.8 Å². The van der Waals surface area contributed by atoms with Crippen molar-refractivity contribution in [3.05, 3.63) is 48.3 Å². The molecule has 0 spiro atoms. The Labute approximate surface area is 192 Å². The summed E-state index contributed by atoms with van der Waals surface area (Å²) in [5, 5.41) is 28.2. The maximum absolute atomic E-state index is 14.8. The van der Waals surface area contributed by atoms with E-state index in [2.05, 4.69) is 41.0 Å². The minimum absolute atomic E-state index is 0.100. The summed E-state index contributed by atoms with van der Waals surface area (Å²) in [6.07, 6.45) is 8.91. The van der Waals surface area contributed by atoms with E-state index in [1.807, 2.05) is 12.1 Å². The zero-order valence-electron chi connectivity index (χ0n) is 19.1. The van der Waals surface area contributed by atoms with Crippen molar-refractivity contribution < 1.29 is 9.50 Å². The van der Waals surface area contributed by atoms with Crippen molar-refractivity contribution in [2.24, 2.45) is 10.8 Å². The van der Waals surface area contributed by atoms with Crippen molar-refractivity contribution in [2.45, 2.75) is 52.0 Å². The standard InChI is InChI=1S/C25H27FN6O/c1-24-6-7-25(2,14-24)11-17(10-24)31(3)23-5-4-20(29-30-23)18-8-19(26)21(9-22(18)33)32-13-16(12-27)28-15-32/h4-5,8-9,13,15,17,33H,6-7,10-11,14H2,1-3H3/t17?,24-,25+. The van der Waals surface area contributed by atoms with Gasteiger partial charge in [-0.15, -0.1) is 10.2 Å². The van der Waals surface area contributed by atoms with Gasteiger partial charge in [0.2, 0.25) is 0 Å². The molecule has 2 heterocycles. The average Bonchev–Trinajstić information content (AvgIpc) is 3.35. The number of anilines is 1. The van der Waals surface area contributed by atoms with Crippen molar-refractivity contribution in [1.82, 2.24) is 19.7 Å². The van der Waals surface area contributed by atoms with Crippen LogP contribution in [0.2, 0.25) is 0 Å². The summed E-state index contributed by atoms with van der Waals surface area (Å²) in [4.78, 5) is 6.09. The van der Waals surface area contributed by atoms with Gasteiger partial charge >= 0.3 is 0 Å². The van der Waals surface area contributed by atoms with Gasteiger partial charge in [0.25, 0.3) is 0 Å². The highest BCUT2D eigenvalue weighted by Crippen LogP contribution is 2.58. The zero-order valence-corrected chi connectivity index (χ0v) is 19.1. The van der Waals surface area contributed by atoms with Crippen LogP contribution in [0.1, 0.15) is 51.6 Å². The van der Waals surface area contributed by atoms with Crippen LogP contribution in [-0.2, 0) is 0 Å². The third-order valence-electron chi connectivity index (χ3n) is 7.52. The first kappa shape index (κ1) is 21.4.